The van der Waals surface area contributed by atoms with Gasteiger partial charge in [-0.3, -0.25) is 14.2 Å². The molecule has 0 radical (unpaired) electrons. The van der Waals surface area contributed by atoms with Crippen molar-refractivity contribution in [3.63, 3.8) is 0 Å². The Balaban J connectivity index is 1.46. The Bertz CT molecular complexity index is 1100. The molecule has 30 heavy (non-hydrogen) atoms. The fourth-order valence-corrected chi connectivity index (χ4v) is 3.51. The molecular formula is C22H22FN5O2. The maximum Gasteiger partial charge on any atom is 0.286 e. The van der Waals surface area contributed by atoms with Crippen molar-refractivity contribution >= 4 is 17.5 Å². The lowest BCUT2D eigenvalue weighted by Crippen LogP contribution is -2.39. The standard InChI is InChI=1S/C22H22FN5O2/c1-15(7-8-16-5-3-2-4-6-16)24-20(29)19-21(30)28-14-13-27(22(28)26-25-19)18-11-9-17(23)10-12-18/h2-6,9-12,15H,7-8,13-14H2,1H3,(H,24,29)/t15-/m1/s1. The molecule has 1 atom stereocenters. The molecule has 0 aliphatic carbocycles. The van der Waals surface area contributed by atoms with Gasteiger partial charge in [0.2, 0.25) is 11.6 Å². The number of hydrogen-bond acceptors (Lipinski definition) is 5. The summed E-state index contributed by atoms with van der Waals surface area (Å²) in [5.74, 6) is -0.515. The van der Waals surface area contributed by atoms with Crippen LogP contribution in [0.5, 0.6) is 0 Å². The largest absolute Gasteiger partial charge is 0.348 e. The number of nitrogens with one attached hydrogen (secondary N) is 1. The van der Waals surface area contributed by atoms with Gasteiger partial charge in [0, 0.05) is 24.8 Å². The summed E-state index contributed by atoms with van der Waals surface area (Å²) in [5.41, 5.74) is 1.21. The second-order valence-corrected chi connectivity index (χ2v) is 7.33. The van der Waals surface area contributed by atoms with Gasteiger partial charge in [-0.2, -0.15) is 0 Å². The maximum absolute atomic E-state index is 13.2. The van der Waals surface area contributed by atoms with Crippen LogP contribution in [0.3, 0.4) is 0 Å². The number of aryl methyl sites for hydroxylation is 1. The van der Waals surface area contributed by atoms with Crippen molar-refractivity contribution in [1.29, 1.82) is 0 Å². The van der Waals surface area contributed by atoms with E-state index < -0.39 is 11.5 Å². The Kier molecular flexibility index (Phi) is 5.56. The number of nitrogens with zero attached hydrogens (tertiary/aromatic N) is 4. The maximum atomic E-state index is 13.2. The molecular weight excluding hydrogens is 385 g/mol. The van der Waals surface area contributed by atoms with Gasteiger partial charge in [-0.05, 0) is 49.6 Å². The summed E-state index contributed by atoms with van der Waals surface area (Å²) in [6.07, 6.45) is 1.57. The van der Waals surface area contributed by atoms with E-state index in [0.29, 0.717) is 24.7 Å². The molecule has 0 saturated carbocycles. The van der Waals surface area contributed by atoms with Gasteiger partial charge in [-0.15, -0.1) is 10.2 Å². The number of fused-ring (bicyclic) bond motifs is 1. The van der Waals surface area contributed by atoms with E-state index in [1.165, 1.54) is 22.3 Å². The molecule has 0 unspecified atom stereocenters. The van der Waals surface area contributed by atoms with E-state index in [1.807, 2.05) is 37.3 Å². The molecule has 154 valence electrons. The number of halogens is 1. The van der Waals surface area contributed by atoms with Crippen molar-refractivity contribution < 1.29 is 9.18 Å². The number of carbonyl (C=O) groups excluding carboxylic acids is 1. The SMILES string of the molecule is C[C@H](CCc1ccccc1)NC(=O)c1nnc2n(c1=O)CCN2c1ccc(F)cc1. The Labute approximate surface area is 173 Å². The van der Waals surface area contributed by atoms with E-state index in [9.17, 15) is 14.0 Å². The molecule has 1 N–H and O–H groups in total. The van der Waals surface area contributed by atoms with Crippen molar-refractivity contribution in [2.75, 3.05) is 11.4 Å². The van der Waals surface area contributed by atoms with Crippen molar-refractivity contribution in [2.24, 2.45) is 0 Å². The first kappa shape index (κ1) is 19.8. The summed E-state index contributed by atoms with van der Waals surface area (Å²) >= 11 is 0. The van der Waals surface area contributed by atoms with E-state index in [0.717, 1.165) is 12.8 Å². The molecule has 1 amide bonds. The summed E-state index contributed by atoms with van der Waals surface area (Å²) in [6, 6.07) is 15.8. The van der Waals surface area contributed by atoms with Gasteiger partial charge in [0.15, 0.2) is 0 Å². The molecule has 8 heteroatoms. The predicted molar refractivity (Wildman–Crippen MR) is 111 cm³/mol. The first-order valence-electron chi connectivity index (χ1n) is 9.88. The van der Waals surface area contributed by atoms with Crippen molar-refractivity contribution in [2.45, 2.75) is 32.4 Å². The lowest BCUT2D eigenvalue weighted by Gasteiger charge is -2.17. The summed E-state index contributed by atoms with van der Waals surface area (Å²) in [7, 11) is 0. The van der Waals surface area contributed by atoms with Crippen molar-refractivity contribution in [3.8, 4) is 0 Å². The summed E-state index contributed by atoms with van der Waals surface area (Å²) in [4.78, 5) is 27.2. The summed E-state index contributed by atoms with van der Waals surface area (Å²) in [6.45, 7) is 2.77. The first-order chi connectivity index (χ1) is 14.5. The zero-order valence-corrected chi connectivity index (χ0v) is 16.6. The van der Waals surface area contributed by atoms with Gasteiger partial charge in [0.05, 0.1) is 0 Å². The average molecular weight is 407 g/mol. The number of aromatic nitrogens is 3. The van der Waals surface area contributed by atoms with E-state index in [-0.39, 0.29) is 17.6 Å². The highest BCUT2D eigenvalue weighted by molar-refractivity contribution is 5.92. The van der Waals surface area contributed by atoms with Gasteiger partial charge in [0.1, 0.15) is 5.82 Å². The molecule has 0 fully saturated rings. The van der Waals surface area contributed by atoms with Crippen molar-refractivity contribution in [1.82, 2.24) is 20.1 Å². The Morgan fingerprint density at radius 2 is 1.83 bits per heavy atom. The number of rotatable bonds is 6. The normalized spacial score (nSPS) is 13.7. The highest BCUT2D eigenvalue weighted by atomic mass is 19.1. The average Bonchev–Trinajstić information content (AvgIpc) is 3.19. The van der Waals surface area contributed by atoms with Crippen LogP contribution >= 0.6 is 0 Å². The number of benzene rings is 2. The second-order valence-electron chi connectivity index (χ2n) is 7.33. The van der Waals surface area contributed by atoms with Crippen LogP contribution in [0.25, 0.3) is 0 Å². The minimum atomic E-state index is -0.524. The van der Waals surface area contributed by atoms with Crippen LogP contribution in [0.2, 0.25) is 0 Å². The summed E-state index contributed by atoms with van der Waals surface area (Å²) < 4.78 is 14.6. The molecule has 2 aromatic carbocycles. The number of carbonyl (C=O) groups is 1. The van der Waals surface area contributed by atoms with Crippen LogP contribution in [-0.2, 0) is 13.0 Å². The van der Waals surface area contributed by atoms with Crippen LogP contribution < -0.4 is 15.8 Å². The third kappa shape index (κ3) is 4.07. The molecule has 4 rings (SSSR count). The molecule has 2 heterocycles. The van der Waals surface area contributed by atoms with Crippen LogP contribution in [0.15, 0.2) is 59.4 Å². The number of anilines is 2. The summed E-state index contributed by atoms with van der Waals surface area (Å²) in [5, 5.41) is 10.8. The molecule has 0 saturated heterocycles. The molecule has 0 spiro atoms. The van der Waals surface area contributed by atoms with E-state index in [4.69, 9.17) is 0 Å². The quantitative estimate of drug-likeness (QED) is 0.680. The monoisotopic (exact) mass is 407 g/mol. The van der Waals surface area contributed by atoms with Gasteiger partial charge < -0.3 is 10.2 Å². The predicted octanol–water partition coefficient (Wildman–Crippen LogP) is 2.68. The van der Waals surface area contributed by atoms with Crippen LogP contribution in [0.1, 0.15) is 29.4 Å². The van der Waals surface area contributed by atoms with Gasteiger partial charge in [-0.1, -0.05) is 30.3 Å². The fourth-order valence-electron chi connectivity index (χ4n) is 3.51. The molecule has 0 bridgehead atoms. The molecule has 7 nitrogen and oxygen atoms in total. The zero-order chi connectivity index (χ0) is 21.1. The highest BCUT2D eigenvalue weighted by Gasteiger charge is 2.27. The van der Waals surface area contributed by atoms with E-state index >= 15 is 0 Å². The molecule has 1 aromatic heterocycles. The Morgan fingerprint density at radius 3 is 2.57 bits per heavy atom. The van der Waals surface area contributed by atoms with Crippen LogP contribution in [0.4, 0.5) is 16.0 Å². The minimum Gasteiger partial charge on any atom is -0.348 e. The lowest BCUT2D eigenvalue weighted by atomic mass is 10.1. The van der Waals surface area contributed by atoms with Gasteiger partial charge in [-0.25, -0.2) is 4.39 Å². The highest BCUT2D eigenvalue weighted by Crippen LogP contribution is 2.26. The Hall–Kier alpha value is -3.55. The molecule has 1 aliphatic heterocycles. The molecule has 3 aromatic rings. The minimum absolute atomic E-state index is 0.118. The fraction of sp³-hybridized carbons (Fsp3) is 0.273. The third-order valence-electron chi connectivity index (χ3n) is 5.16. The van der Waals surface area contributed by atoms with Gasteiger partial charge >= 0.3 is 0 Å². The zero-order valence-electron chi connectivity index (χ0n) is 16.6. The molecule has 1 aliphatic rings. The third-order valence-corrected chi connectivity index (χ3v) is 5.16. The first-order valence-corrected chi connectivity index (χ1v) is 9.88. The smallest absolute Gasteiger partial charge is 0.286 e. The van der Waals surface area contributed by atoms with Gasteiger partial charge in [0.25, 0.3) is 11.5 Å². The number of amides is 1. The lowest BCUT2D eigenvalue weighted by molar-refractivity contribution is 0.0930. The second kappa shape index (κ2) is 8.44. The van der Waals surface area contributed by atoms with Crippen LogP contribution in [0, 0.1) is 5.82 Å². The topological polar surface area (TPSA) is 80.1 Å². The van der Waals surface area contributed by atoms with Crippen molar-refractivity contribution in [3.05, 3.63) is 82.0 Å². The van der Waals surface area contributed by atoms with E-state index in [1.54, 1.807) is 17.0 Å². The van der Waals surface area contributed by atoms with Crippen LogP contribution in [-0.4, -0.2) is 33.3 Å². The van der Waals surface area contributed by atoms with E-state index in [2.05, 4.69) is 15.5 Å². The number of hydrogen-bond donors (Lipinski definition) is 1. The Morgan fingerprint density at radius 1 is 1.10 bits per heavy atom.